The summed E-state index contributed by atoms with van der Waals surface area (Å²) in [6, 6.07) is 0. The zero-order chi connectivity index (χ0) is 11.6. The predicted octanol–water partition coefficient (Wildman–Crippen LogP) is -0.341. The third kappa shape index (κ3) is 2.91. The Labute approximate surface area is 98.4 Å². The molecule has 3 N–H and O–H groups in total. The normalized spacial score (nSPS) is 20.8. The maximum atomic E-state index is 11.2. The molecule has 0 bridgehead atoms. The maximum Gasteiger partial charge on any atom is 0.197 e. The molecule has 1 aromatic rings. The van der Waals surface area contributed by atoms with Crippen molar-refractivity contribution in [2.24, 2.45) is 5.84 Å². The van der Waals surface area contributed by atoms with Crippen LogP contribution in [0.1, 0.15) is 4.88 Å². The summed E-state index contributed by atoms with van der Waals surface area (Å²) in [7, 11) is -2.79. The van der Waals surface area contributed by atoms with E-state index in [4.69, 9.17) is 5.84 Å². The molecular formula is C8H14N4O2S2. The van der Waals surface area contributed by atoms with Gasteiger partial charge in [-0.2, -0.15) is 0 Å². The molecule has 2 rings (SSSR count). The molecule has 8 heteroatoms. The summed E-state index contributed by atoms with van der Waals surface area (Å²) in [5.41, 5.74) is 2.49. The van der Waals surface area contributed by atoms with Crippen molar-refractivity contribution in [1.82, 2.24) is 9.88 Å². The second kappa shape index (κ2) is 4.66. The molecule has 0 unspecified atom stereocenters. The van der Waals surface area contributed by atoms with Gasteiger partial charge in [0.25, 0.3) is 0 Å². The Morgan fingerprint density at radius 1 is 1.50 bits per heavy atom. The lowest BCUT2D eigenvalue weighted by Gasteiger charge is -2.25. The summed E-state index contributed by atoms with van der Waals surface area (Å²) >= 11 is 1.49. The molecule has 1 aromatic heterocycles. The highest BCUT2D eigenvalue weighted by molar-refractivity contribution is 7.91. The van der Waals surface area contributed by atoms with Gasteiger partial charge in [0.15, 0.2) is 15.0 Å². The Balaban J connectivity index is 1.91. The van der Waals surface area contributed by atoms with Crippen molar-refractivity contribution in [2.45, 2.75) is 6.54 Å². The summed E-state index contributed by atoms with van der Waals surface area (Å²) in [4.78, 5) is 7.28. The highest BCUT2D eigenvalue weighted by Crippen LogP contribution is 2.19. The van der Waals surface area contributed by atoms with Crippen molar-refractivity contribution < 1.29 is 8.42 Å². The zero-order valence-electron chi connectivity index (χ0n) is 8.72. The van der Waals surface area contributed by atoms with Crippen LogP contribution in [0.3, 0.4) is 0 Å². The molecule has 90 valence electrons. The SMILES string of the molecule is NNc1ncc(CN2CCS(=O)(=O)CC2)s1. The van der Waals surface area contributed by atoms with Crippen molar-refractivity contribution in [2.75, 3.05) is 30.0 Å². The van der Waals surface area contributed by atoms with Crippen LogP contribution in [0.2, 0.25) is 0 Å². The predicted molar refractivity (Wildman–Crippen MR) is 63.9 cm³/mol. The molecule has 0 atom stereocenters. The fourth-order valence-electron chi connectivity index (χ4n) is 1.58. The lowest BCUT2D eigenvalue weighted by Crippen LogP contribution is -2.39. The van der Waals surface area contributed by atoms with E-state index in [0.717, 1.165) is 11.4 Å². The van der Waals surface area contributed by atoms with E-state index in [-0.39, 0.29) is 11.5 Å². The Hall–Kier alpha value is -0.700. The van der Waals surface area contributed by atoms with Gasteiger partial charge in [-0.25, -0.2) is 19.2 Å². The molecule has 0 radical (unpaired) electrons. The van der Waals surface area contributed by atoms with Gasteiger partial charge in [0, 0.05) is 30.7 Å². The van der Waals surface area contributed by atoms with Gasteiger partial charge >= 0.3 is 0 Å². The Morgan fingerprint density at radius 3 is 2.75 bits per heavy atom. The largest absolute Gasteiger partial charge is 0.300 e. The van der Waals surface area contributed by atoms with Gasteiger partial charge in [-0.1, -0.05) is 11.3 Å². The van der Waals surface area contributed by atoms with Crippen molar-refractivity contribution in [3.05, 3.63) is 11.1 Å². The first kappa shape index (κ1) is 11.8. The highest BCUT2D eigenvalue weighted by atomic mass is 32.2. The molecule has 1 aliphatic rings. The summed E-state index contributed by atoms with van der Waals surface area (Å²) in [6.07, 6.45) is 1.77. The standard InChI is InChI=1S/C8H14N4O2S2/c9-11-8-10-5-7(15-8)6-12-1-3-16(13,14)4-2-12/h5H,1-4,6,9H2,(H,10,11). The number of nitrogens with two attached hydrogens (primary N) is 1. The average molecular weight is 262 g/mol. The molecule has 1 aliphatic heterocycles. The van der Waals surface area contributed by atoms with E-state index in [1.54, 1.807) is 6.20 Å². The second-order valence-electron chi connectivity index (χ2n) is 3.70. The van der Waals surface area contributed by atoms with Crippen molar-refractivity contribution in [1.29, 1.82) is 0 Å². The van der Waals surface area contributed by atoms with Gasteiger partial charge in [-0.15, -0.1) is 0 Å². The molecule has 16 heavy (non-hydrogen) atoms. The molecular weight excluding hydrogens is 248 g/mol. The molecule has 2 heterocycles. The minimum Gasteiger partial charge on any atom is -0.300 e. The molecule has 0 spiro atoms. The number of nitrogens with zero attached hydrogens (tertiary/aromatic N) is 2. The van der Waals surface area contributed by atoms with E-state index in [1.165, 1.54) is 11.3 Å². The first-order valence-corrected chi connectivity index (χ1v) is 7.57. The molecule has 0 amide bonds. The number of thiazole rings is 1. The van der Waals surface area contributed by atoms with Gasteiger partial charge in [0.1, 0.15) is 0 Å². The van der Waals surface area contributed by atoms with Crippen molar-refractivity contribution in [3.63, 3.8) is 0 Å². The first-order valence-electron chi connectivity index (χ1n) is 4.93. The summed E-state index contributed by atoms with van der Waals surface area (Å²) in [5, 5.41) is 0.680. The quantitative estimate of drug-likeness (QED) is 0.572. The van der Waals surface area contributed by atoms with Crippen LogP contribution in [0, 0.1) is 0 Å². The number of nitrogen functional groups attached to an aromatic ring is 1. The van der Waals surface area contributed by atoms with E-state index in [9.17, 15) is 8.42 Å². The number of anilines is 1. The van der Waals surface area contributed by atoms with Crippen LogP contribution in [0.25, 0.3) is 0 Å². The fourth-order valence-corrected chi connectivity index (χ4v) is 3.62. The summed E-state index contributed by atoms with van der Waals surface area (Å²) < 4.78 is 22.5. The molecule has 0 aromatic carbocycles. The number of aromatic nitrogens is 1. The zero-order valence-corrected chi connectivity index (χ0v) is 10.4. The Bertz CT molecular complexity index is 442. The Kier molecular flexibility index (Phi) is 3.43. The molecule has 0 aliphatic carbocycles. The molecule has 6 nitrogen and oxygen atoms in total. The van der Waals surface area contributed by atoms with Crippen molar-refractivity contribution >= 4 is 26.3 Å². The lowest BCUT2D eigenvalue weighted by molar-refractivity contribution is 0.290. The number of rotatable bonds is 3. The summed E-state index contributed by atoms with van der Waals surface area (Å²) in [5.74, 6) is 5.75. The van der Waals surface area contributed by atoms with Crippen LogP contribution < -0.4 is 11.3 Å². The van der Waals surface area contributed by atoms with E-state index in [2.05, 4.69) is 15.3 Å². The average Bonchev–Trinajstić information content (AvgIpc) is 2.69. The van der Waals surface area contributed by atoms with Crippen LogP contribution >= 0.6 is 11.3 Å². The molecule has 0 saturated carbocycles. The van der Waals surface area contributed by atoms with Crippen LogP contribution in [-0.2, 0) is 16.4 Å². The molecule has 1 saturated heterocycles. The Morgan fingerprint density at radius 2 is 2.19 bits per heavy atom. The van der Waals surface area contributed by atoms with Crippen LogP contribution in [0.4, 0.5) is 5.13 Å². The van der Waals surface area contributed by atoms with Crippen LogP contribution in [0.5, 0.6) is 0 Å². The van der Waals surface area contributed by atoms with Crippen molar-refractivity contribution in [3.8, 4) is 0 Å². The van der Waals surface area contributed by atoms with E-state index < -0.39 is 9.84 Å². The summed E-state index contributed by atoms with van der Waals surface area (Å²) in [6.45, 7) is 1.95. The van der Waals surface area contributed by atoms with E-state index in [1.807, 2.05) is 0 Å². The number of hydrazine groups is 1. The third-order valence-electron chi connectivity index (χ3n) is 2.49. The first-order chi connectivity index (χ1) is 7.59. The van der Waals surface area contributed by atoms with Gasteiger partial charge in [0.2, 0.25) is 0 Å². The monoisotopic (exact) mass is 262 g/mol. The fraction of sp³-hybridized carbons (Fsp3) is 0.625. The van der Waals surface area contributed by atoms with Gasteiger partial charge in [0.05, 0.1) is 11.5 Å². The number of hydrogen-bond donors (Lipinski definition) is 2. The highest BCUT2D eigenvalue weighted by Gasteiger charge is 2.21. The number of nitrogens with one attached hydrogen (secondary N) is 1. The second-order valence-corrected chi connectivity index (χ2v) is 7.12. The van der Waals surface area contributed by atoms with Gasteiger partial charge < -0.3 is 0 Å². The van der Waals surface area contributed by atoms with Gasteiger partial charge in [-0.05, 0) is 0 Å². The number of sulfone groups is 1. The number of hydrogen-bond acceptors (Lipinski definition) is 7. The smallest absolute Gasteiger partial charge is 0.197 e. The lowest BCUT2D eigenvalue weighted by atomic mass is 10.4. The minimum absolute atomic E-state index is 0.258. The topological polar surface area (TPSA) is 88.3 Å². The van der Waals surface area contributed by atoms with Crippen LogP contribution in [0.15, 0.2) is 6.20 Å². The van der Waals surface area contributed by atoms with E-state index in [0.29, 0.717) is 18.2 Å². The molecule has 1 fully saturated rings. The van der Waals surface area contributed by atoms with E-state index >= 15 is 0 Å². The maximum absolute atomic E-state index is 11.2. The third-order valence-corrected chi connectivity index (χ3v) is 5.02. The van der Waals surface area contributed by atoms with Crippen LogP contribution in [-0.4, -0.2) is 42.9 Å². The minimum atomic E-state index is -2.79. The van der Waals surface area contributed by atoms with Gasteiger partial charge in [-0.3, -0.25) is 10.3 Å².